The molecule has 27 heavy (non-hydrogen) atoms. The van der Waals surface area contributed by atoms with Crippen LogP contribution in [0.25, 0.3) is 0 Å². The number of thiocarbonyl (C=S) groups is 1. The predicted octanol–water partition coefficient (Wildman–Crippen LogP) is 5.53. The van der Waals surface area contributed by atoms with Crippen molar-refractivity contribution in [2.75, 3.05) is 13.2 Å². The highest BCUT2D eigenvalue weighted by Crippen LogP contribution is 2.39. The SMILES string of the molecule is CCCN1C(=S)NC(c2cc(Cl)c(OCC(C)C)c(Cl)c2)C(C(C)=O)=C1C. The third-order valence-corrected chi connectivity index (χ3v) is 5.24. The van der Waals surface area contributed by atoms with Crippen LogP contribution >= 0.6 is 35.4 Å². The van der Waals surface area contributed by atoms with Crippen LogP contribution in [0.3, 0.4) is 0 Å². The minimum atomic E-state index is -0.391. The van der Waals surface area contributed by atoms with Crippen molar-refractivity contribution in [3.8, 4) is 5.75 Å². The minimum Gasteiger partial charge on any atom is -0.490 e. The van der Waals surface area contributed by atoms with E-state index in [4.69, 9.17) is 40.2 Å². The van der Waals surface area contributed by atoms with Crippen molar-refractivity contribution in [3.63, 3.8) is 0 Å². The Morgan fingerprint density at radius 2 is 1.93 bits per heavy atom. The van der Waals surface area contributed by atoms with Crippen LogP contribution in [0.5, 0.6) is 5.75 Å². The molecule has 0 saturated carbocycles. The number of Topliss-reactive ketones (excluding diaryl/α,β-unsaturated/α-hetero) is 1. The molecule has 1 aliphatic rings. The molecule has 1 unspecified atom stereocenters. The average molecular weight is 429 g/mol. The Morgan fingerprint density at radius 1 is 1.33 bits per heavy atom. The molecule has 1 aromatic carbocycles. The van der Waals surface area contributed by atoms with Crippen LogP contribution in [-0.2, 0) is 4.79 Å². The van der Waals surface area contributed by atoms with E-state index in [1.807, 2.05) is 11.8 Å². The molecule has 1 heterocycles. The van der Waals surface area contributed by atoms with Crippen molar-refractivity contribution < 1.29 is 9.53 Å². The number of ether oxygens (including phenoxy) is 1. The van der Waals surface area contributed by atoms with Crippen molar-refractivity contribution in [3.05, 3.63) is 39.0 Å². The molecule has 1 atom stereocenters. The molecule has 0 fully saturated rings. The molecule has 7 heteroatoms. The molecule has 0 aliphatic carbocycles. The monoisotopic (exact) mass is 428 g/mol. The van der Waals surface area contributed by atoms with E-state index >= 15 is 0 Å². The molecule has 1 N–H and O–H groups in total. The number of carbonyl (C=O) groups excluding carboxylic acids is 1. The standard InChI is InChI=1S/C20H26Cl2N2O2S/c1-6-7-24-12(4)17(13(5)25)18(23-20(24)27)14-8-15(21)19(16(22)9-14)26-10-11(2)3/h8-9,11,18H,6-7,10H2,1-5H3,(H,23,27). The summed E-state index contributed by atoms with van der Waals surface area (Å²) in [6, 6.07) is 3.18. The Balaban J connectivity index is 2.47. The molecule has 1 aliphatic heterocycles. The zero-order chi connectivity index (χ0) is 20.3. The number of hydrogen-bond donors (Lipinski definition) is 1. The van der Waals surface area contributed by atoms with Gasteiger partial charge in [-0.25, -0.2) is 0 Å². The van der Waals surface area contributed by atoms with Gasteiger partial charge >= 0.3 is 0 Å². The molecule has 148 valence electrons. The van der Waals surface area contributed by atoms with Crippen LogP contribution in [0, 0.1) is 5.92 Å². The molecule has 0 bridgehead atoms. The lowest BCUT2D eigenvalue weighted by Gasteiger charge is -2.37. The second kappa shape index (κ2) is 9.26. The second-order valence-electron chi connectivity index (χ2n) is 7.11. The first-order valence-electron chi connectivity index (χ1n) is 9.08. The number of nitrogens with one attached hydrogen (secondary N) is 1. The van der Waals surface area contributed by atoms with Gasteiger partial charge in [-0.1, -0.05) is 44.0 Å². The lowest BCUT2D eigenvalue weighted by atomic mass is 9.92. The van der Waals surface area contributed by atoms with E-state index in [9.17, 15) is 4.79 Å². The molecule has 1 aromatic rings. The van der Waals surface area contributed by atoms with E-state index in [0.29, 0.717) is 39.0 Å². The van der Waals surface area contributed by atoms with E-state index in [2.05, 4.69) is 26.1 Å². The summed E-state index contributed by atoms with van der Waals surface area (Å²) in [5.41, 5.74) is 2.32. The number of allylic oxidation sites excluding steroid dienone is 1. The van der Waals surface area contributed by atoms with Gasteiger partial charge in [0.1, 0.15) is 0 Å². The molecular weight excluding hydrogens is 403 g/mol. The van der Waals surface area contributed by atoms with Crippen LogP contribution in [0.1, 0.15) is 52.6 Å². The third kappa shape index (κ3) is 4.95. The van der Waals surface area contributed by atoms with Crippen LogP contribution in [0.2, 0.25) is 10.0 Å². The summed E-state index contributed by atoms with van der Waals surface area (Å²) in [6.45, 7) is 10.9. The number of carbonyl (C=O) groups is 1. The normalized spacial score (nSPS) is 17.4. The van der Waals surface area contributed by atoms with Gasteiger partial charge in [0.2, 0.25) is 0 Å². The number of nitrogens with zero attached hydrogens (tertiary/aromatic N) is 1. The number of hydrogen-bond acceptors (Lipinski definition) is 3. The van der Waals surface area contributed by atoms with Crippen molar-refractivity contribution in [2.24, 2.45) is 5.92 Å². The van der Waals surface area contributed by atoms with E-state index < -0.39 is 6.04 Å². The molecular formula is C20H26Cl2N2O2S. The maximum absolute atomic E-state index is 12.4. The topological polar surface area (TPSA) is 41.6 Å². The lowest BCUT2D eigenvalue weighted by Crippen LogP contribution is -2.47. The van der Waals surface area contributed by atoms with Gasteiger partial charge < -0.3 is 15.0 Å². The van der Waals surface area contributed by atoms with E-state index in [-0.39, 0.29) is 5.78 Å². The number of rotatable bonds is 7. The van der Waals surface area contributed by atoms with Gasteiger partial charge in [0.15, 0.2) is 16.6 Å². The highest BCUT2D eigenvalue weighted by molar-refractivity contribution is 7.80. The van der Waals surface area contributed by atoms with Crippen LogP contribution < -0.4 is 10.1 Å². The zero-order valence-electron chi connectivity index (χ0n) is 16.4. The number of halogens is 2. The predicted molar refractivity (Wildman–Crippen MR) is 116 cm³/mol. The van der Waals surface area contributed by atoms with Gasteiger partial charge in [0.05, 0.1) is 22.7 Å². The van der Waals surface area contributed by atoms with Crippen LogP contribution in [-0.4, -0.2) is 28.9 Å². The molecule has 2 rings (SSSR count). The lowest BCUT2D eigenvalue weighted by molar-refractivity contribution is -0.114. The summed E-state index contributed by atoms with van der Waals surface area (Å²) < 4.78 is 5.74. The highest BCUT2D eigenvalue weighted by Gasteiger charge is 2.32. The van der Waals surface area contributed by atoms with Gasteiger partial charge in [-0.15, -0.1) is 0 Å². The van der Waals surface area contributed by atoms with Crippen LogP contribution in [0.15, 0.2) is 23.4 Å². The minimum absolute atomic E-state index is 0.0130. The summed E-state index contributed by atoms with van der Waals surface area (Å²) >= 11 is 18.4. The fourth-order valence-corrected chi connectivity index (χ4v) is 4.07. The summed E-state index contributed by atoms with van der Waals surface area (Å²) in [5.74, 6) is 0.807. The van der Waals surface area contributed by atoms with E-state index in [1.165, 1.54) is 0 Å². The Morgan fingerprint density at radius 3 is 2.41 bits per heavy atom. The van der Waals surface area contributed by atoms with Gasteiger partial charge in [0.25, 0.3) is 0 Å². The molecule has 0 radical (unpaired) electrons. The Bertz CT molecular complexity index is 754. The van der Waals surface area contributed by atoms with Crippen molar-refractivity contribution >= 4 is 46.3 Å². The van der Waals surface area contributed by atoms with Gasteiger partial charge in [-0.3, -0.25) is 4.79 Å². The van der Waals surface area contributed by atoms with Gasteiger partial charge in [-0.05, 0) is 56.1 Å². The number of ketones is 1. The third-order valence-electron chi connectivity index (χ3n) is 4.34. The van der Waals surface area contributed by atoms with E-state index in [0.717, 1.165) is 24.2 Å². The molecule has 0 spiro atoms. The average Bonchev–Trinajstić information content (AvgIpc) is 2.56. The smallest absolute Gasteiger partial charge is 0.173 e. The maximum Gasteiger partial charge on any atom is 0.173 e. The molecule has 0 saturated heterocycles. The maximum atomic E-state index is 12.4. The first kappa shape index (κ1) is 22.0. The summed E-state index contributed by atoms with van der Waals surface area (Å²) in [6.07, 6.45) is 0.925. The highest BCUT2D eigenvalue weighted by atomic mass is 35.5. The van der Waals surface area contributed by atoms with Gasteiger partial charge in [0, 0.05) is 17.8 Å². The number of benzene rings is 1. The Hall–Kier alpha value is -1.30. The largest absolute Gasteiger partial charge is 0.490 e. The van der Waals surface area contributed by atoms with Crippen molar-refractivity contribution in [2.45, 2.75) is 47.1 Å². The molecule has 0 aromatic heterocycles. The Kier molecular flexibility index (Phi) is 7.55. The molecule has 4 nitrogen and oxygen atoms in total. The molecule has 0 amide bonds. The summed E-state index contributed by atoms with van der Waals surface area (Å²) in [7, 11) is 0. The van der Waals surface area contributed by atoms with Gasteiger partial charge in [-0.2, -0.15) is 0 Å². The Labute approximate surface area is 176 Å². The van der Waals surface area contributed by atoms with Crippen molar-refractivity contribution in [1.29, 1.82) is 0 Å². The van der Waals surface area contributed by atoms with E-state index in [1.54, 1.807) is 19.1 Å². The summed E-state index contributed by atoms with van der Waals surface area (Å²) in [4.78, 5) is 14.4. The fourth-order valence-electron chi connectivity index (χ4n) is 3.12. The van der Waals surface area contributed by atoms with Crippen LogP contribution in [0.4, 0.5) is 0 Å². The van der Waals surface area contributed by atoms with Crippen molar-refractivity contribution in [1.82, 2.24) is 10.2 Å². The second-order valence-corrected chi connectivity index (χ2v) is 8.31. The first-order valence-corrected chi connectivity index (χ1v) is 10.2. The zero-order valence-corrected chi connectivity index (χ0v) is 18.7. The first-order chi connectivity index (χ1) is 12.7. The summed E-state index contributed by atoms with van der Waals surface area (Å²) in [5, 5.41) is 4.71. The fraction of sp³-hybridized carbons (Fsp3) is 0.500. The quantitative estimate of drug-likeness (QED) is 0.577.